The van der Waals surface area contributed by atoms with E-state index in [1.807, 2.05) is 6.92 Å². The Kier molecular flexibility index (Phi) is 3.89. The normalized spacial score (nSPS) is 57.3. The molecular formula is C21H36O2. The van der Waals surface area contributed by atoms with Gasteiger partial charge >= 0.3 is 0 Å². The molecule has 4 rings (SSSR count). The van der Waals surface area contributed by atoms with Crippen LogP contribution in [0.1, 0.15) is 78.6 Å². The maximum absolute atomic E-state index is 10.3. The van der Waals surface area contributed by atoms with Gasteiger partial charge in [0.2, 0.25) is 0 Å². The second kappa shape index (κ2) is 5.46. The second-order valence-corrected chi connectivity index (χ2v) is 10.1. The van der Waals surface area contributed by atoms with E-state index < -0.39 is 0 Å². The molecule has 2 nitrogen and oxygen atoms in total. The lowest BCUT2D eigenvalue weighted by Crippen LogP contribution is -2.54. The van der Waals surface area contributed by atoms with E-state index in [1.165, 1.54) is 44.9 Å². The molecule has 2 heteroatoms. The van der Waals surface area contributed by atoms with Crippen molar-refractivity contribution in [2.24, 2.45) is 40.4 Å². The average molecular weight is 321 g/mol. The SMILES string of the molecule is C[C@H](O)C1CC[C@H]2[C@@H]3CC[C@@H]4C[C@@H](O)CC[C@]4(C)[C@H]3CC[C@]12C. The van der Waals surface area contributed by atoms with Crippen LogP contribution >= 0.6 is 0 Å². The summed E-state index contributed by atoms with van der Waals surface area (Å²) in [4.78, 5) is 0. The van der Waals surface area contributed by atoms with Gasteiger partial charge in [-0.1, -0.05) is 13.8 Å². The Labute approximate surface area is 142 Å². The molecule has 0 aromatic carbocycles. The van der Waals surface area contributed by atoms with Crippen LogP contribution in [0.25, 0.3) is 0 Å². The number of aliphatic hydroxyl groups excluding tert-OH is 2. The molecule has 0 aliphatic heterocycles. The zero-order valence-electron chi connectivity index (χ0n) is 15.3. The van der Waals surface area contributed by atoms with Crippen molar-refractivity contribution in [1.82, 2.24) is 0 Å². The largest absolute Gasteiger partial charge is 0.393 e. The van der Waals surface area contributed by atoms with E-state index in [4.69, 9.17) is 0 Å². The van der Waals surface area contributed by atoms with Crippen LogP contribution in [0.2, 0.25) is 0 Å². The van der Waals surface area contributed by atoms with Crippen LogP contribution in [-0.2, 0) is 0 Å². The summed E-state index contributed by atoms with van der Waals surface area (Å²) in [5.74, 6) is 3.87. The second-order valence-electron chi connectivity index (χ2n) is 10.1. The van der Waals surface area contributed by atoms with Crippen molar-refractivity contribution >= 4 is 0 Å². The van der Waals surface area contributed by atoms with E-state index in [9.17, 15) is 10.2 Å². The fraction of sp³-hybridized carbons (Fsp3) is 1.00. The zero-order valence-corrected chi connectivity index (χ0v) is 15.3. The molecule has 4 aliphatic rings. The third-order valence-electron chi connectivity index (χ3n) is 9.29. The van der Waals surface area contributed by atoms with Gasteiger partial charge in [0.1, 0.15) is 0 Å². The van der Waals surface area contributed by atoms with Gasteiger partial charge in [-0.25, -0.2) is 0 Å². The summed E-state index contributed by atoms with van der Waals surface area (Å²) in [6.45, 7) is 7.08. The lowest BCUT2D eigenvalue weighted by Gasteiger charge is -2.61. The molecular weight excluding hydrogens is 284 g/mol. The third-order valence-corrected chi connectivity index (χ3v) is 9.29. The topological polar surface area (TPSA) is 40.5 Å². The lowest BCUT2D eigenvalue weighted by atomic mass is 9.44. The van der Waals surface area contributed by atoms with E-state index in [1.54, 1.807) is 0 Å². The first-order valence-electron chi connectivity index (χ1n) is 10.2. The number of hydrogen-bond acceptors (Lipinski definition) is 2. The summed E-state index contributed by atoms with van der Waals surface area (Å²) in [7, 11) is 0. The predicted molar refractivity (Wildman–Crippen MR) is 92.9 cm³/mol. The molecule has 0 radical (unpaired) electrons. The molecule has 4 fully saturated rings. The van der Waals surface area contributed by atoms with Crippen molar-refractivity contribution in [2.45, 2.75) is 90.8 Å². The molecule has 0 aromatic rings. The number of fused-ring (bicyclic) bond motifs is 5. The van der Waals surface area contributed by atoms with Gasteiger partial charge < -0.3 is 10.2 Å². The van der Waals surface area contributed by atoms with E-state index in [0.29, 0.717) is 16.7 Å². The van der Waals surface area contributed by atoms with Gasteiger partial charge in [-0.3, -0.25) is 0 Å². The highest BCUT2D eigenvalue weighted by molar-refractivity contribution is 5.09. The molecule has 132 valence electrons. The minimum atomic E-state index is -0.140. The molecule has 0 heterocycles. The molecule has 23 heavy (non-hydrogen) atoms. The minimum Gasteiger partial charge on any atom is -0.393 e. The highest BCUT2D eigenvalue weighted by Gasteiger charge is 2.60. The molecule has 4 saturated carbocycles. The molecule has 0 bridgehead atoms. The van der Waals surface area contributed by atoms with Gasteiger partial charge in [-0.05, 0) is 105 Å². The Morgan fingerprint density at radius 2 is 1.57 bits per heavy atom. The summed E-state index contributed by atoms with van der Waals surface area (Å²) in [5, 5.41) is 20.4. The summed E-state index contributed by atoms with van der Waals surface area (Å²) >= 11 is 0. The highest BCUT2D eigenvalue weighted by atomic mass is 16.3. The monoisotopic (exact) mass is 320 g/mol. The Bertz CT molecular complexity index is 461. The van der Waals surface area contributed by atoms with E-state index in [-0.39, 0.29) is 12.2 Å². The van der Waals surface area contributed by atoms with Crippen molar-refractivity contribution < 1.29 is 10.2 Å². The van der Waals surface area contributed by atoms with Crippen LogP contribution < -0.4 is 0 Å². The lowest BCUT2D eigenvalue weighted by molar-refractivity contribution is -0.132. The van der Waals surface area contributed by atoms with Gasteiger partial charge in [0.15, 0.2) is 0 Å². The first-order valence-corrected chi connectivity index (χ1v) is 10.2. The molecule has 0 saturated heterocycles. The summed E-state index contributed by atoms with van der Waals surface area (Å²) in [6.07, 6.45) is 11.1. The van der Waals surface area contributed by atoms with Crippen LogP contribution in [0.4, 0.5) is 0 Å². The van der Waals surface area contributed by atoms with Crippen molar-refractivity contribution in [1.29, 1.82) is 0 Å². The number of rotatable bonds is 1. The minimum absolute atomic E-state index is 0.0374. The van der Waals surface area contributed by atoms with E-state index in [2.05, 4.69) is 13.8 Å². The van der Waals surface area contributed by atoms with Gasteiger partial charge in [0.05, 0.1) is 12.2 Å². The standard InChI is InChI=1S/C21H36O2/c1-13(22)17-6-7-18-16-5-4-14-12-15(23)8-10-20(14,2)19(16)9-11-21(17,18)3/h13-19,22-23H,4-12H2,1-3H3/t13-,14+,15-,16-,17?,18-,19-,20-,21+/m0/s1. The molecule has 1 unspecified atom stereocenters. The van der Waals surface area contributed by atoms with Gasteiger partial charge in [-0.2, -0.15) is 0 Å². The van der Waals surface area contributed by atoms with E-state index >= 15 is 0 Å². The predicted octanol–water partition coefficient (Wildman–Crippen LogP) is 4.39. The van der Waals surface area contributed by atoms with Gasteiger partial charge in [0.25, 0.3) is 0 Å². The zero-order chi connectivity index (χ0) is 16.4. The van der Waals surface area contributed by atoms with Crippen LogP contribution in [0, 0.1) is 40.4 Å². The fourth-order valence-corrected chi connectivity index (χ4v) is 8.07. The molecule has 2 N–H and O–H groups in total. The molecule has 9 atom stereocenters. The van der Waals surface area contributed by atoms with Crippen LogP contribution in [0.3, 0.4) is 0 Å². The fourth-order valence-electron chi connectivity index (χ4n) is 8.07. The van der Waals surface area contributed by atoms with Crippen molar-refractivity contribution in [3.05, 3.63) is 0 Å². The smallest absolute Gasteiger partial charge is 0.0545 e. The van der Waals surface area contributed by atoms with Gasteiger partial charge in [0, 0.05) is 0 Å². The summed E-state index contributed by atoms with van der Waals surface area (Å²) in [5.41, 5.74) is 0.860. The third kappa shape index (κ3) is 2.27. The van der Waals surface area contributed by atoms with Crippen LogP contribution in [0.5, 0.6) is 0 Å². The Morgan fingerprint density at radius 1 is 0.870 bits per heavy atom. The summed E-state index contributed by atoms with van der Waals surface area (Å²) < 4.78 is 0. The van der Waals surface area contributed by atoms with Gasteiger partial charge in [-0.15, -0.1) is 0 Å². The number of hydrogen-bond donors (Lipinski definition) is 2. The Morgan fingerprint density at radius 3 is 2.30 bits per heavy atom. The van der Waals surface area contributed by atoms with Crippen LogP contribution in [-0.4, -0.2) is 22.4 Å². The van der Waals surface area contributed by atoms with Crippen molar-refractivity contribution in [2.75, 3.05) is 0 Å². The first-order chi connectivity index (χ1) is 10.9. The first kappa shape index (κ1) is 16.4. The van der Waals surface area contributed by atoms with Crippen LogP contribution in [0.15, 0.2) is 0 Å². The van der Waals surface area contributed by atoms with Crippen molar-refractivity contribution in [3.63, 3.8) is 0 Å². The summed E-state index contributed by atoms with van der Waals surface area (Å²) in [6, 6.07) is 0. The average Bonchev–Trinajstić information content (AvgIpc) is 2.85. The molecule has 4 aliphatic carbocycles. The molecule has 0 aromatic heterocycles. The Balaban J connectivity index is 1.60. The maximum Gasteiger partial charge on any atom is 0.0545 e. The Hall–Kier alpha value is -0.0800. The molecule has 0 amide bonds. The van der Waals surface area contributed by atoms with E-state index in [0.717, 1.165) is 36.5 Å². The maximum atomic E-state index is 10.3. The highest BCUT2D eigenvalue weighted by Crippen LogP contribution is 2.67. The molecule has 0 spiro atoms. The van der Waals surface area contributed by atoms with Crippen molar-refractivity contribution in [3.8, 4) is 0 Å². The quantitative estimate of drug-likeness (QED) is 0.752. The number of aliphatic hydroxyl groups is 2.